The van der Waals surface area contributed by atoms with Crippen LogP contribution >= 0.6 is 11.6 Å². The molecular formula is C15H14ClN3O4. The van der Waals surface area contributed by atoms with E-state index in [4.69, 9.17) is 11.6 Å². The topological polar surface area (TPSA) is 82.5 Å². The standard InChI is InChI=1S/C15H14ClN3O4/c1-22-14(20)8-12(15(21)23-2)18-11-7-10(16)3-4-13(11)19-6-5-17-9-19/h3-9,18H,1-2H3/b12-8+. The highest BCUT2D eigenvalue weighted by Crippen LogP contribution is 2.26. The lowest BCUT2D eigenvalue weighted by atomic mass is 10.2. The quantitative estimate of drug-likeness (QED) is 0.666. The number of ether oxygens (including phenoxy) is 2. The summed E-state index contributed by atoms with van der Waals surface area (Å²) in [7, 11) is 2.42. The lowest BCUT2D eigenvalue weighted by Crippen LogP contribution is -2.16. The number of hydrogen-bond donors (Lipinski definition) is 1. The molecule has 0 saturated heterocycles. The number of esters is 2. The summed E-state index contributed by atoms with van der Waals surface area (Å²) in [4.78, 5) is 27.2. The molecule has 0 saturated carbocycles. The maximum Gasteiger partial charge on any atom is 0.354 e. The number of aromatic nitrogens is 2. The number of rotatable bonds is 5. The lowest BCUT2D eigenvalue weighted by Gasteiger charge is -2.14. The number of nitrogens with zero attached hydrogens (tertiary/aromatic N) is 2. The summed E-state index contributed by atoms with van der Waals surface area (Å²) in [6, 6.07) is 5.06. The number of hydrogen-bond acceptors (Lipinski definition) is 6. The van der Waals surface area contributed by atoms with Crippen LogP contribution in [0.3, 0.4) is 0 Å². The van der Waals surface area contributed by atoms with Gasteiger partial charge in [-0.05, 0) is 18.2 Å². The Morgan fingerprint density at radius 1 is 1.30 bits per heavy atom. The zero-order valence-corrected chi connectivity index (χ0v) is 13.2. The van der Waals surface area contributed by atoms with Gasteiger partial charge in [0.1, 0.15) is 5.70 Å². The van der Waals surface area contributed by atoms with Crippen molar-refractivity contribution in [2.75, 3.05) is 19.5 Å². The maximum absolute atomic E-state index is 11.8. The van der Waals surface area contributed by atoms with Gasteiger partial charge in [0.15, 0.2) is 0 Å². The van der Waals surface area contributed by atoms with Gasteiger partial charge in [-0.25, -0.2) is 14.6 Å². The van der Waals surface area contributed by atoms with E-state index < -0.39 is 11.9 Å². The molecule has 1 heterocycles. The minimum Gasteiger partial charge on any atom is -0.466 e. The molecule has 23 heavy (non-hydrogen) atoms. The molecule has 0 atom stereocenters. The van der Waals surface area contributed by atoms with E-state index in [2.05, 4.69) is 19.8 Å². The largest absolute Gasteiger partial charge is 0.466 e. The third kappa shape index (κ3) is 4.10. The zero-order valence-electron chi connectivity index (χ0n) is 12.4. The van der Waals surface area contributed by atoms with E-state index in [0.717, 1.165) is 6.08 Å². The molecule has 0 fully saturated rings. The van der Waals surface area contributed by atoms with Crippen molar-refractivity contribution < 1.29 is 19.1 Å². The molecule has 7 nitrogen and oxygen atoms in total. The number of carbonyl (C=O) groups excluding carboxylic acids is 2. The smallest absolute Gasteiger partial charge is 0.354 e. The molecule has 0 aliphatic carbocycles. The third-order valence-corrected chi connectivity index (χ3v) is 3.11. The Morgan fingerprint density at radius 3 is 2.70 bits per heavy atom. The number of carbonyl (C=O) groups is 2. The SMILES string of the molecule is COC(=O)/C=C(/Nc1cc(Cl)ccc1-n1ccnc1)C(=O)OC. The minimum atomic E-state index is -0.716. The van der Waals surface area contributed by atoms with Gasteiger partial charge in [0.25, 0.3) is 0 Å². The summed E-state index contributed by atoms with van der Waals surface area (Å²) in [5, 5.41) is 3.30. The molecule has 0 bridgehead atoms. The summed E-state index contributed by atoms with van der Waals surface area (Å²) in [6.07, 6.45) is 5.95. The van der Waals surface area contributed by atoms with Crippen LogP contribution in [0.4, 0.5) is 5.69 Å². The molecule has 2 aromatic rings. The normalized spacial score (nSPS) is 11.0. The average Bonchev–Trinajstić information content (AvgIpc) is 3.07. The van der Waals surface area contributed by atoms with Crippen LogP contribution in [0.15, 0.2) is 48.7 Å². The highest BCUT2D eigenvalue weighted by molar-refractivity contribution is 6.31. The summed E-state index contributed by atoms with van der Waals surface area (Å²) in [5.74, 6) is -1.41. The number of benzene rings is 1. The number of nitrogens with one attached hydrogen (secondary N) is 1. The lowest BCUT2D eigenvalue weighted by molar-refractivity contribution is -0.138. The second kappa shape index (κ2) is 7.46. The second-order valence-electron chi connectivity index (χ2n) is 4.33. The van der Waals surface area contributed by atoms with Crippen molar-refractivity contribution in [1.29, 1.82) is 0 Å². The average molecular weight is 336 g/mol. The Labute approximate surface area is 137 Å². The number of halogens is 1. The van der Waals surface area contributed by atoms with Gasteiger partial charge >= 0.3 is 11.9 Å². The van der Waals surface area contributed by atoms with Crippen LogP contribution in [-0.4, -0.2) is 35.7 Å². The highest BCUT2D eigenvalue weighted by atomic mass is 35.5. The minimum absolute atomic E-state index is 0.0806. The number of imidazole rings is 1. The highest BCUT2D eigenvalue weighted by Gasteiger charge is 2.15. The molecule has 2 rings (SSSR count). The van der Waals surface area contributed by atoms with Crippen molar-refractivity contribution in [3.63, 3.8) is 0 Å². The van der Waals surface area contributed by atoms with Crippen LogP contribution in [0.2, 0.25) is 5.02 Å². The van der Waals surface area contributed by atoms with Gasteiger partial charge in [-0.2, -0.15) is 0 Å². The molecule has 1 aromatic carbocycles. The van der Waals surface area contributed by atoms with E-state index in [1.54, 1.807) is 41.5 Å². The summed E-state index contributed by atoms with van der Waals surface area (Å²) < 4.78 is 10.9. The molecule has 0 unspecified atom stereocenters. The molecule has 0 aliphatic heterocycles. The Kier molecular flexibility index (Phi) is 5.37. The van der Waals surface area contributed by atoms with Crippen LogP contribution < -0.4 is 5.32 Å². The third-order valence-electron chi connectivity index (χ3n) is 2.88. The first-order chi connectivity index (χ1) is 11.0. The summed E-state index contributed by atoms with van der Waals surface area (Å²) >= 11 is 6.02. The first-order valence-corrected chi connectivity index (χ1v) is 6.86. The van der Waals surface area contributed by atoms with E-state index in [-0.39, 0.29) is 5.70 Å². The van der Waals surface area contributed by atoms with Gasteiger partial charge in [0.05, 0.1) is 38.0 Å². The van der Waals surface area contributed by atoms with E-state index in [0.29, 0.717) is 16.4 Å². The Morgan fingerprint density at radius 2 is 2.09 bits per heavy atom. The van der Waals surface area contributed by atoms with Gasteiger partial charge < -0.3 is 19.4 Å². The van der Waals surface area contributed by atoms with E-state index in [1.165, 1.54) is 14.2 Å². The second-order valence-corrected chi connectivity index (χ2v) is 4.77. The molecule has 0 spiro atoms. The first kappa shape index (κ1) is 16.6. The monoisotopic (exact) mass is 335 g/mol. The van der Waals surface area contributed by atoms with Crippen LogP contribution in [-0.2, 0) is 19.1 Å². The van der Waals surface area contributed by atoms with Crippen LogP contribution in [0.25, 0.3) is 5.69 Å². The van der Waals surface area contributed by atoms with E-state index in [1.807, 2.05) is 0 Å². The van der Waals surface area contributed by atoms with Gasteiger partial charge in [0, 0.05) is 17.4 Å². The molecule has 120 valence electrons. The summed E-state index contributed by atoms with van der Waals surface area (Å²) in [6.45, 7) is 0. The fourth-order valence-corrected chi connectivity index (χ4v) is 1.99. The Hall–Kier alpha value is -2.80. The molecule has 0 aliphatic rings. The fraction of sp³-hybridized carbons (Fsp3) is 0.133. The zero-order chi connectivity index (χ0) is 16.8. The van der Waals surface area contributed by atoms with E-state index in [9.17, 15) is 9.59 Å². The molecule has 1 aromatic heterocycles. The first-order valence-electron chi connectivity index (χ1n) is 6.48. The Balaban J connectivity index is 2.44. The van der Waals surface area contributed by atoms with Crippen molar-refractivity contribution in [3.05, 3.63) is 53.7 Å². The van der Waals surface area contributed by atoms with Gasteiger partial charge in [0.2, 0.25) is 0 Å². The van der Waals surface area contributed by atoms with Crippen molar-refractivity contribution >= 4 is 29.2 Å². The molecule has 0 radical (unpaired) electrons. The predicted octanol–water partition coefficient (Wildman–Crippen LogP) is 2.17. The van der Waals surface area contributed by atoms with Gasteiger partial charge in [-0.1, -0.05) is 11.6 Å². The van der Waals surface area contributed by atoms with Crippen molar-refractivity contribution in [1.82, 2.24) is 9.55 Å². The number of methoxy groups -OCH3 is 2. The molecule has 0 amide bonds. The van der Waals surface area contributed by atoms with E-state index >= 15 is 0 Å². The van der Waals surface area contributed by atoms with Crippen molar-refractivity contribution in [2.24, 2.45) is 0 Å². The maximum atomic E-state index is 11.8. The van der Waals surface area contributed by atoms with Crippen molar-refractivity contribution in [2.45, 2.75) is 0 Å². The van der Waals surface area contributed by atoms with Crippen LogP contribution in [0.1, 0.15) is 0 Å². The summed E-state index contributed by atoms with van der Waals surface area (Å²) in [5.41, 5.74) is 1.10. The predicted molar refractivity (Wildman–Crippen MR) is 84.3 cm³/mol. The van der Waals surface area contributed by atoms with Crippen LogP contribution in [0.5, 0.6) is 0 Å². The van der Waals surface area contributed by atoms with Crippen LogP contribution in [0, 0.1) is 0 Å². The number of anilines is 1. The fourth-order valence-electron chi connectivity index (χ4n) is 1.81. The molecule has 1 N–H and O–H groups in total. The Bertz CT molecular complexity index is 741. The van der Waals surface area contributed by atoms with Gasteiger partial charge in [-0.3, -0.25) is 0 Å². The molecule has 8 heteroatoms. The van der Waals surface area contributed by atoms with Crippen molar-refractivity contribution in [3.8, 4) is 5.69 Å². The van der Waals surface area contributed by atoms with Gasteiger partial charge in [-0.15, -0.1) is 0 Å². The molecular weight excluding hydrogens is 322 g/mol.